The average molecular weight is 897 g/mol. The van der Waals surface area contributed by atoms with Crippen molar-refractivity contribution in [1.29, 1.82) is 0 Å². The second-order valence-electron chi connectivity index (χ2n) is 16.3. The Bertz CT molecular complexity index is 3120. The summed E-state index contributed by atoms with van der Waals surface area (Å²) >= 11 is 0. The third-order valence-electron chi connectivity index (χ3n) is 10.2. The number of nitrogens with one attached hydrogen (secondary N) is 4. The Hall–Kier alpha value is -6.90. The Morgan fingerprint density at radius 3 is 2.35 bits per heavy atom. The number of fused-ring (bicyclic) bond motifs is 4. The molecule has 3 aliphatic heterocycles. The van der Waals surface area contributed by atoms with Crippen LogP contribution < -0.4 is 36.3 Å². The molecule has 4 aromatic rings. The number of rotatable bonds is 13. The first kappa shape index (κ1) is 44.2. The number of pyridine rings is 1. The Morgan fingerprint density at radius 1 is 0.937 bits per heavy atom. The predicted molar refractivity (Wildman–Crippen MR) is 229 cm³/mol. The number of benzene rings is 3. The molecule has 4 heterocycles. The van der Waals surface area contributed by atoms with Gasteiger partial charge in [-0.3, -0.25) is 19.1 Å². The van der Waals surface area contributed by atoms with Gasteiger partial charge in [0, 0.05) is 76.7 Å². The summed E-state index contributed by atoms with van der Waals surface area (Å²) in [5.41, 5.74) is 9.64. The summed E-state index contributed by atoms with van der Waals surface area (Å²) in [6, 6.07) is 13.6. The van der Waals surface area contributed by atoms with E-state index < -0.39 is 60.6 Å². The lowest BCUT2D eigenvalue weighted by atomic mass is 9.84. The molecule has 0 saturated heterocycles. The topological polar surface area (TPSA) is 304 Å². The zero-order valence-corrected chi connectivity index (χ0v) is 35.8. The van der Waals surface area contributed by atoms with Crippen molar-refractivity contribution in [3.8, 4) is 11.5 Å². The summed E-state index contributed by atoms with van der Waals surface area (Å²) < 4.78 is 77.3. The van der Waals surface area contributed by atoms with E-state index in [9.17, 15) is 45.4 Å². The number of anilines is 2. The number of azide groups is 1. The van der Waals surface area contributed by atoms with Crippen molar-refractivity contribution < 1.29 is 55.2 Å². The summed E-state index contributed by atoms with van der Waals surface area (Å²) in [5, 5.41) is 23.5. The number of aromatic nitrogens is 1. The maximum absolute atomic E-state index is 13.4. The minimum absolute atomic E-state index is 0.0419. The number of hydrogen-bond acceptors (Lipinski definition) is 12. The van der Waals surface area contributed by atoms with Gasteiger partial charge >= 0.3 is 5.97 Å². The number of carbonyl (C=O) groups excluding carboxylic acids is 2. The zero-order valence-electron chi connectivity index (χ0n) is 34.1. The minimum atomic E-state index is -4.77. The molecule has 21 heteroatoms. The van der Waals surface area contributed by atoms with Gasteiger partial charge in [0.15, 0.2) is 5.54 Å². The van der Waals surface area contributed by atoms with Crippen molar-refractivity contribution in [2.75, 3.05) is 28.7 Å². The Morgan fingerprint density at radius 2 is 1.68 bits per heavy atom. The molecule has 7 rings (SSSR count). The fraction of sp³-hybridized carbons (Fsp3) is 0.262. The van der Waals surface area contributed by atoms with Gasteiger partial charge in [-0.1, -0.05) is 17.3 Å². The molecule has 3 aromatic carbocycles. The molecule has 0 unspecified atom stereocenters. The lowest BCUT2D eigenvalue weighted by Crippen LogP contribution is -2.89. The van der Waals surface area contributed by atoms with Crippen molar-refractivity contribution >= 4 is 66.1 Å². The van der Waals surface area contributed by atoms with E-state index in [2.05, 4.69) is 36.0 Å². The third kappa shape index (κ3) is 10.1. The molecule has 0 bridgehead atoms. The normalized spacial score (nSPS) is 15.5. The molecule has 0 radical (unpaired) electrons. The molecule has 6 N–H and O–H groups in total. The minimum Gasteiger partial charge on any atom is -0.748 e. The highest BCUT2D eigenvalue weighted by Crippen LogP contribution is 2.45. The van der Waals surface area contributed by atoms with Crippen molar-refractivity contribution in [3.05, 3.63) is 133 Å². The standard InChI is InChI=1S/C42H40N8O11S2/c1-41(2)16-23(20-62(55,56)57)28-12-31-35(14-33(28)48-41)61-36-15-34-29(24(21-63(58,59)60)17-42(3,4)49-34)13-32(36)38(31)27-8-5-22(11-30(27)40(53)54)39(52)44-10-9-37(51)47-26-7-6-25(45-18-26)19-46-50-43/h5-8,11-18,48H,9-10,19-21H2,1-4H3,(H,44,52)(H,47,51)(H,53,54)(H,55,56,57)(H,58,59,60). The first-order valence-corrected chi connectivity index (χ1v) is 22.4. The van der Waals surface area contributed by atoms with E-state index in [-0.39, 0.29) is 70.0 Å². The van der Waals surface area contributed by atoms with Crippen LogP contribution in [0.3, 0.4) is 0 Å². The van der Waals surface area contributed by atoms with Crippen LogP contribution in [0, 0.1) is 0 Å². The van der Waals surface area contributed by atoms with Crippen molar-refractivity contribution in [2.45, 2.75) is 51.7 Å². The van der Waals surface area contributed by atoms with Gasteiger partial charge in [-0.05, 0) is 78.6 Å². The van der Waals surface area contributed by atoms with Crippen LogP contribution in [0.25, 0.3) is 27.2 Å². The largest absolute Gasteiger partial charge is 0.748 e. The molecule has 0 saturated carbocycles. The molecule has 2 amide bonds. The van der Waals surface area contributed by atoms with Crippen LogP contribution in [-0.4, -0.2) is 82.9 Å². The van der Waals surface area contributed by atoms with Gasteiger partial charge < -0.3 is 30.3 Å². The van der Waals surface area contributed by atoms with Gasteiger partial charge in [0.1, 0.15) is 17.3 Å². The molecule has 0 fully saturated rings. The highest BCUT2D eigenvalue weighted by molar-refractivity contribution is 7.86. The van der Waals surface area contributed by atoms with Crippen LogP contribution in [0.1, 0.15) is 82.8 Å². The molecule has 1 aromatic heterocycles. The van der Waals surface area contributed by atoms with Gasteiger partial charge in [-0.2, -0.15) is 8.42 Å². The predicted octanol–water partition coefficient (Wildman–Crippen LogP) is 2.60. The molecular weight excluding hydrogens is 857 g/mol. The second-order valence-corrected chi connectivity index (χ2v) is 19.1. The second kappa shape index (κ2) is 16.4. The molecule has 3 aliphatic rings. The van der Waals surface area contributed by atoms with Crippen LogP contribution in [0.2, 0.25) is 0 Å². The Kier molecular flexibility index (Phi) is 11.5. The summed E-state index contributed by atoms with van der Waals surface area (Å²) in [4.78, 5) is 49.3. The molecule has 63 heavy (non-hydrogen) atoms. The molecule has 0 atom stereocenters. The van der Waals surface area contributed by atoms with E-state index in [0.717, 1.165) is 0 Å². The first-order chi connectivity index (χ1) is 29.5. The summed E-state index contributed by atoms with van der Waals surface area (Å²) in [7, 11) is -9.30. The number of nitrogens with zero attached hydrogens (tertiary/aromatic N) is 4. The summed E-state index contributed by atoms with van der Waals surface area (Å²) in [6.07, 6.45) is 4.52. The zero-order chi connectivity index (χ0) is 45.6. The fourth-order valence-electron chi connectivity index (χ4n) is 7.82. The fourth-order valence-corrected chi connectivity index (χ4v) is 9.07. The number of carboxylic acids is 1. The van der Waals surface area contributed by atoms with Gasteiger partial charge in [0.2, 0.25) is 11.3 Å². The van der Waals surface area contributed by atoms with E-state index in [1.807, 2.05) is 0 Å². The van der Waals surface area contributed by atoms with Gasteiger partial charge in [0.25, 0.3) is 16.0 Å². The third-order valence-corrected chi connectivity index (χ3v) is 11.5. The molecule has 19 nitrogen and oxygen atoms in total. The van der Waals surface area contributed by atoms with E-state index in [1.165, 1.54) is 24.4 Å². The lowest BCUT2D eigenvalue weighted by Gasteiger charge is -2.34. The smallest absolute Gasteiger partial charge is 0.336 e. The van der Waals surface area contributed by atoms with Crippen LogP contribution in [0.4, 0.5) is 11.4 Å². The molecule has 0 spiro atoms. The quantitative estimate of drug-likeness (QED) is 0.0429. The van der Waals surface area contributed by atoms with E-state index >= 15 is 0 Å². The number of aromatic carboxylic acids is 1. The van der Waals surface area contributed by atoms with Crippen molar-refractivity contribution in [2.24, 2.45) is 5.11 Å². The van der Waals surface area contributed by atoms with Crippen LogP contribution >= 0.6 is 0 Å². The van der Waals surface area contributed by atoms with Crippen LogP contribution in [0.15, 0.2) is 78.1 Å². The summed E-state index contributed by atoms with van der Waals surface area (Å²) in [5.74, 6) is -3.67. The highest BCUT2D eigenvalue weighted by atomic mass is 32.2. The molecular formula is C42H40N8O11S2. The highest BCUT2D eigenvalue weighted by Gasteiger charge is 2.34. The average Bonchev–Trinajstić information content (AvgIpc) is 3.16. The Balaban J connectivity index is 1.32. The first-order valence-electron chi connectivity index (χ1n) is 19.2. The van der Waals surface area contributed by atoms with E-state index in [4.69, 9.17) is 10.3 Å². The van der Waals surface area contributed by atoms with Gasteiger partial charge in [-0.25, -0.2) is 18.2 Å². The van der Waals surface area contributed by atoms with Gasteiger partial charge in [-0.15, -0.1) is 0 Å². The number of ether oxygens (including phenoxy) is 1. The number of hydrogen-bond donors (Lipinski definition) is 6. The van der Waals surface area contributed by atoms with Crippen LogP contribution in [-0.2, 0) is 31.6 Å². The van der Waals surface area contributed by atoms with Crippen LogP contribution in [0.5, 0.6) is 11.5 Å². The van der Waals surface area contributed by atoms with E-state index in [0.29, 0.717) is 38.8 Å². The monoisotopic (exact) mass is 896 g/mol. The maximum Gasteiger partial charge on any atom is 0.336 e. The number of carbonyl (C=O) groups is 3. The number of amides is 2. The molecule has 326 valence electrons. The van der Waals surface area contributed by atoms with Crippen molar-refractivity contribution in [3.63, 3.8) is 0 Å². The molecule has 0 aliphatic carbocycles. The lowest BCUT2D eigenvalue weighted by molar-refractivity contribution is -0.568. The van der Waals surface area contributed by atoms with Gasteiger partial charge in [0.05, 0.1) is 57.0 Å². The maximum atomic E-state index is 13.4. The number of carboxylic acid groups (broad SMARTS) is 1. The van der Waals surface area contributed by atoms with E-state index in [1.54, 1.807) is 76.2 Å². The Labute approximate surface area is 360 Å². The summed E-state index contributed by atoms with van der Waals surface area (Å²) in [6.45, 7) is 7.12. The SMILES string of the molecule is CC1(C)C=C(CS(=O)(=O)[O-])c2cc3c(cc2N1)Oc1cc2c(cc1=C3c1ccc(C(=O)NCCC(=O)Nc3ccc(CN=[N+]=[N-])nc3)cc1C(=O)O)C(CS(=O)(=O)O)=CC(C)(C)[NH+]=2. The van der Waals surface area contributed by atoms with Crippen molar-refractivity contribution in [1.82, 2.24) is 10.3 Å².